The maximum absolute atomic E-state index is 13.0. The van der Waals surface area contributed by atoms with Crippen LogP contribution in [0.25, 0.3) is 0 Å². The molecule has 0 heterocycles. The van der Waals surface area contributed by atoms with E-state index in [9.17, 15) is 9.18 Å². The summed E-state index contributed by atoms with van der Waals surface area (Å²) in [6.07, 6.45) is 0.170. The van der Waals surface area contributed by atoms with Crippen LogP contribution in [-0.4, -0.2) is 18.6 Å². The molecule has 1 aromatic carbocycles. The predicted octanol–water partition coefficient (Wildman–Crippen LogP) is 4.00. The molecule has 0 radical (unpaired) electrons. The SMILES string of the molecule is COC(C)(C)CC(=O)Nc1c(Cl)cc(F)cc1Br. The molecule has 0 aromatic heterocycles. The van der Waals surface area contributed by atoms with E-state index in [1.807, 2.05) is 0 Å². The molecule has 0 spiro atoms. The normalized spacial score (nSPS) is 11.4. The Balaban J connectivity index is 2.83. The minimum Gasteiger partial charge on any atom is -0.378 e. The quantitative estimate of drug-likeness (QED) is 0.901. The summed E-state index contributed by atoms with van der Waals surface area (Å²) in [5.41, 5.74) is -0.210. The third-order valence-corrected chi connectivity index (χ3v) is 3.33. The summed E-state index contributed by atoms with van der Waals surface area (Å²) in [5.74, 6) is -0.724. The maximum Gasteiger partial charge on any atom is 0.227 e. The van der Waals surface area contributed by atoms with Crippen molar-refractivity contribution in [1.82, 2.24) is 0 Å². The van der Waals surface area contributed by atoms with Crippen LogP contribution in [0.5, 0.6) is 0 Å². The molecule has 6 heteroatoms. The van der Waals surface area contributed by atoms with Gasteiger partial charge in [0.2, 0.25) is 5.91 Å². The van der Waals surface area contributed by atoms with Gasteiger partial charge >= 0.3 is 0 Å². The Morgan fingerprint density at radius 2 is 2.17 bits per heavy atom. The van der Waals surface area contributed by atoms with Gasteiger partial charge in [-0.25, -0.2) is 4.39 Å². The minimum atomic E-state index is -0.566. The second kappa shape index (κ2) is 5.99. The van der Waals surface area contributed by atoms with Gasteiger partial charge in [-0.3, -0.25) is 4.79 Å². The molecule has 0 aliphatic carbocycles. The molecule has 100 valence electrons. The molecule has 0 bridgehead atoms. The highest BCUT2D eigenvalue weighted by Gasteiger charge is 2.22. The molecule has 18 heavy (non-hydrogen) atoms. The second-order valence-electron chi connectivity index (χ2n) is 4.43. The highest BCUT2D eigenvalue weighted by atomic mass is 79.9. The summed E-state index contributed by atoms with van der Waals surface area (Å²) in [6.45, 7) is 3.60. The Morgan fingerprint density at radius 3 is 2.67 bits per heavy atom. The van der Waals surface area contributed by atoms with Crippen LogP contribution in [0.2, 0.25) is 5.02 Å². The Labute approximate surface area is 119 Å². The number of hydrogen-bond acceptors (Lipinski definition) is 2. The lowest BCUT2D eigenvalue weighted by molar-refractivity contribution is -0.121. The molecular weight excluding hydrogens is 324 g/mol. The van der Waals surface area contributed by atoms with Crippen molar-refractivity contribution in [1.29, 1.82) is 0 Å². The van der Waals surface area contributed by atoms with E-state index in [4.69, 9.17) is 16.3 Å². The molecule has 1 amide bonds. The summed E-state index contributed by atoms with van der Waals surface area (Å²) in [7, 11) is 1.54. The summed E-state index contributed by atoms with van der Waals surface area (Å²) in [4.78, 5) is 11.8. The van der Waals surface area contributed by atoms with Gasteiger partial charge in [-0.1, -0.05) is 11.6 Å². The predicted molar refractivity (Wildman–Crippen MR) is 73.4 cm³/mol. The first-order valence-corrected chi connectivity index (χ1v) is 6.42. The third kappa shape index (κ3) is 4.23. The Bertz CT molecular complexity index is 442. The monoisotopic (exact) mass is 337 g/mol. The van der Waals surface area contributed by atoms with Gasteiger partial charge in [0.25, 0.3) is 0 Å². The smallest absolute Gasteiger partial charge is 0.227 e. The number of halogens is 3. The lowest BCUT2D eigenvalue weighted by Gasteiger charge is -2.22. The van der Waals surface area contributed by atoms with Crippen molar-refractivity contribution >= 4 is 39.1 Å². The number of carbonyl (C=O) groups is 1. The van der Waals surface area contributed by atoms with E-state index >= 15 is 0 Å². The Hall–Kier alpha value is -0.650. The van der Waals surface area contributed by atoms with Gasteiger partial charge in [0.05, 0.1) is 22.7 Å². The molecule has 0 aliphatic rings. The molecule has 0 saturated carbocycles. The summed E-state index contributed by atoms with van der Waals surface area (Å²) in [5, 5.41) is 2.78. The molecule has 3 nitrogen and oxygen atoms in total. The van der Waals surface area contributed by atoms with Gasteiger partial charge in [0.1, 0.15) is 5.82 Å². The summed E-state index contributed by atoms with van der Waals surface area (Å²) in [6, 6.07) is 2.38. The van der Waals surface area contributed by atoms with Crippen LogP contribution in [0.1, 0.15) is 20.3 Å². The van der Waals surface area contributed by atoms with Crippen LogP contribution in [0.4, 0.5) is 10.1 Å². The molecule has 0 fully saturated rings. The van der Waals surface area contributed by atoms with E-state index < -0.39 is 11.4 Å². The standard InChI is InChI=1S/C12H14BrClFNO2/c1-12(2,18-3)6-10(17)16-11-8(13)4-7(15)5-9(11)14/h4-5H,6H2,1-3H3,(H,16,17). The van der Waals surface area contributed by atoms with E-state index in [0.717, 1.165) is 6.07 Å². The number of benzene rings is 1. The van der Waals surface area contributed by atoms with Crippen molar-refractivity contribution in [2.24, 2.45) is 0 Å². The zero-order valence-electron chi connectivity index (χ0n) is 10.3. The first kappa shape index (κ1) is 15.4. The summed E-state index contributed by atoms with van der Waals surface area (Å²) < 4.78 is 18.6. The van der Waals surface area contributed by atoms with Gasteiger partial charge in [-0.15, -0.1) is 0 Å². The number of hydrogen-bond donors (Lipinski definition) is 1. The number of anilines is 1. The number of carbonyl (C=O) groups excluding carboxylic acids is 1. The number of ether oxygens (including phenoxy) is 1. The van der Waals surface area contributed by atoms with E-state index in [2.05, 4.69) is 21.2 Å². The van der Waals surface area contributed by atoms with Gasteiger partial charge in [-0.2, -0.15) is 0 Å². The van der Waals surface area contributed by atoms with Crippen molar-refractivity contribution in [3.63, 3.8) is 0 Å². The molecule has 1 aromatic rings. The van der Waals surface area contributed by atoms with Crippen molar-refractivity contribution in [3.8, 4) is 0 Å². The van der Waals surface area contributed by atoms with Crippen molar-refractivity contribution < 1.29 is 13.9 Å². The molecule has 1 N–H and O–H groups in total. The average molecular weight is 339 g/mol. The fraction of sp³-hybridized carbons (Fsp3) is 0.417. The van der Waals surface area contributed by atoms with E-state index in [1.54, 1.807) is 13.8 Å². The molecule has 0 atom stereocenters. The number of nitrogens with one attached hydrogen (secondary N) is 1. The van der Waals surface area contributed by atoms with Crippen molar-refractivity contribution in [2.75, 3.05) is 12.4 Å². The summed E-state index contributed by atoms with van der Waals surface area (Å²) >= 11 is 9.02. The Kier molecular flexibility index (Phi) is 5.13. The van der Waals surface area contributed by atoms with Crippen LogP contribution in [0.3, 0.4) is 0 Å². The molecule has 1 rings (SSSR count). The van der Waals surface area contributed by atoms with Crippen molar-refractivity contribution in [2.45, 2.75) is 25.9 Å². The fourth-order valence-electron chi connectivity index (χ4n) is 1.30. The van der Waals surface area contributed by atoms with Gasteiger partial charge in [-0.05, 0) is 41.9 Å². The number of rotatable bonds is 4. The average Bonchev–Trinajstić information content (AvgIpc) is 2.22. The fourth-order valence-corrected chi connectivity index (χ4v) is 2.20. The van der Waals surface area contributed by atoms with E-state index in [-0.39, 0.29) is 17.4 Å². The van der Waals surface area contributed by atoms with E-state index in [1.165, 1.54) is 13.2 Å². The van der Waals surface area contributed by atoms with Crippen LogP contribution in [0, 0.1) is 5.82 Å². The van der Waals surface area contributed by atoms with Crippen molar-refractivity contribution in [3.05, 3.63) is 27.4 Å². The lowest BCUT2D eigenvalue weighted by Crippen LogP contribution is -2.29. The number of methoxy groups -OCH3 is 1. The first-order valence-electron chi connectivity index (χ1n) is 5.25. The van der Waals surface area contributed by atoms with Crippen LogP contribution in [0.15, 0.2) is 16.6 Å². The third-order valence-electron chi connectivity index (χ3n) is 2.41. The van der Waals surface area contributed by atoms with Gasteiger partial charge in [0.15, 0.2) is 0 Å². The lowest BCUT2D eigenvalue weighted by atomic mass is 10.0. The maximum atomic E-state index is 13.0. The highest BCUT2D eigenvalue weighted by molar-refractivity contribution is 9.10. The molecular formula is C12H14BrClFNO2. The number of amides is 1. The van der Waals surface area contributed by atoms with Crippen LogP contribution >= 0.6 is 27.5 Å². The van der Waals surface area contributed by atoms with E-state index in [0.29, 0.717) is 10.2 Å². The minimum absolute atomic E-state index is 0.144. The van der Waals surface area contributed by atoms with Gasteiger partial charge in [0, 0.05) is 11.6 Å². The van der Waals surface area contributed by atoms with Crippen LogP contribution < -0.4 is 5.32 Å². The second-order valence-corrected chi connectivity index (χ2v) is 5.69. The zero-order valence-corrected chi connectivity index (χ0v) is 12.7. The Morgan fingerprint density at radius 1 is 1.56 bits per heavy atom. The molecule has 0 saturated heterocycles. The largest absolute Gasteiger partial charge is 0.378 e. The van der Waals surface area contributed by atoms with Gasteiger partial charge < -0.3 is 10.1 Å². The van der Waals surface area contributed by atoms with Crippen LogP contribution in [-0.2, 0) is 9.53 Å². The molecule has 0 unspecified atom stereocenters. The molecule has 0 aliphatic heterocycles. The topological polar surface area (TPSA) is 38.3 Å². The highest BCUT2D eigenvalue weighted by Crippen LogP contribution is 2.32. The first-order chi connectivity index (χ1) is 8.25. The zero-order chi connectivity index (χ0) is 13.9.